The summed E-state index contributed by atoms with van der Waals surface area (Å²) in [5, 5.41) is 15.7. The van der Waals surface area contributed by atoms with Crippen LogP contribution < -0.4 is 10.6 Å². The molecule has 2 fully saturated rings. The van der Waals surface area contributed by atoms with Gasteiger partial charge >= 0.3 is 0 Å². The summed E-state index contributed by atoms with van der Waals surface area (Å²) >= 11 is 0. The van der Waals surface area contributed by atoms with Crippen LogP contribution in [0.5, 0.6) is 0 Å². The highest BCUT2D eigenvalue weighted by Crippen LogP contribution is 2.24. The standard InChI is InChI=1S/C17H24FN3O4S/c18-14-3-5-15(6-4-14)26(24,25)21-7-1-2-12(11-21)17(23)20-9-13-8-19-10-16(13)22/h3-6,12-13,16,19,22H,1-2,7-11H2,(H,20,23). The highest BCUT2D eigenvalue weighted by Gasteiger charge is 2.34. The molecule has 0 spiro atoms. The van der Waals surface area contributed by atoms with Gasteiger partial charge in [-0.15, -0.1) is 0 Å². The van der Waals surface area contributed by atoms with Gasteiger partial charge in [0, 0.05) is 38.6 Å². The second-order valence-corrected chi connectivity index (χ2v) is 8.82. The fourth-order valence-electron chi connectivity index (χ4n) is 3.43. The molecule has 3 rings (SSSR count). The molecule has 9 heteroatoms. The van der Waals surface area contributed by atoms with Crippen LogP contribution in [0.25, 0.3) is 0 Å². The van der Waals surface area contributed by atoms with E-state index >= 15 is 0 Å². The number of halogens is 1. The van der Waals surface area contributed by atoms with Gasteiger partial charge in [-0.25, -0.2) is 12.8 Å². The lowest BCUT2D eigenvalue weighted by molar-refractivity contribution is -0.126. The van der Waals surface area contributed by atoms with Gasteiger partial charge in [0.1, 0.15) is 5.82 Å². The lowest BCUT2D eigenvalue weighted by atomic mass is 9.98. The molecule has 1 aromatic rings. The molecular weight excluding hydrogens is 361 g/mol. The molecule has 2 aliphatic rings. The third-order valence-electron chi connectivity index (χ3n) is 5.05. The number of sulfonamides is 1. The Morgan fingerprint density at radius 1 is 1.31 bits per heavy atom. The van der Waals surface area contributed by atoms with Gasteiger partial charge in [-0.1, -0.05) is 0 Å². The van der Waals surface area contributed by atoms with Crippen LogP contribution in [-0.2, 0) is 14.8 Å². The van der Waals surface area contributed by atoms with E-state index < -0.39 is 27.9 Å². The van der Waals surface area contributed by atoms with Gasteiger partial charge in [-0.05, 0) is 37.1 Å². The van der Waals surface area contributed by atoms with Crippen LogP contribution in [0.3, 0.4) is 0 Å². The second-order valence-electron chi connectivity index (χ2n) is 6.89. The lowest BCUT2D eigenvalue weighted by Crippen LogP contribution is -2.46. The molecule has 3 N–H and O–H groups in total. The zero-order valence-electron chi connectivity index (χ0n) is 14.4. The van der Waals surface area contributed by atoms with Crippen LogP contribution in [0, 0.1) is 17.7 Å². The van der Waals surface area contributed by atoms with Gasteiger partial charge in [0.05, 0.1) is 16.9 Å². The van der Waals surface area contributed by atoms with Crippen molar-refractivity contribution in [3.63, 3.8) is 0 Å². The lowest BCUT2D eigenvalue weighted by Gasteiger charge is -2.31. The number of rotatable bonds is 5. The minimum Gasteiger partial charge on any atom is -0.391 e. The van der Waals surface area contributed by atoms with Gasteiger partial charge in [-0.3, -0.25) is 4.79 Å². The summed E-state index contributed by atoms with van der Waals surface area (Å²) in [6.45, 7) is 1.99. The molecule has 144 valence electrons. The normalized spacial score (nSPS) is 27.4. The molecule has 1 amide bonds. The summed E-state index contributed by atoms with van der Waals surface area (Å²) in [6.07, 6.45) is 0.732. The van der Waals surface area contributed by atoms with Gasteiger partial charge in [0.2, 0.25) is 15.9 Å². The molecule has 26 heavy (non-hydrogen) atoms. The molecule has 2 heterocycles. The number of hydrogen-bond acceptors (Lipinski definition) is 5. The van der Waals surface area contributed by atoms with Gasteiger partial charge in [0.15, 0.2) is 0 Å². The average molecular weight is 385 g/mol. The number of carbonyl (C=O) groups excluding carboxylic acids is 1. The monoisotopic (exact) mass is 385 g/mol. The smallest absolute Gasteiger partial charge is 0.243 e. The molecule has 3 unspecified atom stereocenters. The Bertz CT molecular complexity index is 741. The number of aliphatic hydroxyl groups is 1. The maximum absolute atomic E-state index is 13.0. The largest absolute Gasteiger partial charge is 0.391 e. The molecule has 0 saturated carbocycles. The van der Waals surface area contributed by atoms with E-state index in [1.807, 2.05) is 0 Å². The summed E-state index contributed by atoms with van der Waals surface area (Å²) in [4.78, 5) is 12.5. The Morgan fingerprint density at radius 3 is 2.69 bits per heavy atom. The van der Waals surface area contributed by atoms with E-state index in [-0.39, 0.29) is 23.3 Å². The van der Waals surface area contributed by atoms with Crippen molar-refractivity contribution >= 4 is 15.9 Å². The Hall–Kier alpha value is -1.55. The van der Waals surface area contributed by atoms with Crippen LogP contribution in [0.2, 0.25) is 0 Å². The van der Waals surface area contributed by atoms with E-state index in [0.29, 0.717) is 39.0 Å². The van der Waals surface area contributed by atoms with Crippen molar-refractivity contribution in [2.45, 2.75) is 23.8 Å². The van der Waals surface area contributed by atoms with E-state index in [1.165, 1.54) is 16.4 Å². The SMILES string of the molecule is O=C(NCC1CNCC1O)C1CCCN(S(=O)(=O)c2ccc(F)cc2)C1. The van der Waals surface area contributed by atoms with Crippen molar-refractivity contribution in [1.82, 2.24) is 14.9 Å². The van der Waals surface area contributed by atoms with Crippen molar-refractivity contribution < 1.29 is 22.7 Å². The molecule has 2 saturated heterocycles. The third-order valence-corrected chi connectivity index (χ3v) is 6.93. The molecule has 7 nitrogen and oxygen atoms in total. The number of aliphatic hydroxyl groups excluding tert-OH is 1. The number of benzene rings is 1. The molecule has 3 atom stereocenters. The summed E-state index contributed by atoms with van der Waals surface area (Å²) in [5.74, 6) is -1.14. The second kappa shape index (κ2) is 7.99. The summed E-state index contributed by atoms with van der Waals surface area (Å²) in [6, 6.07) is 4.70. The fourth-order valence-corrected chi connectivity index (χ4v) is 4.96. The zero-order chi connectivity index (χ0) is 18.7. The molecule has 1 aromatic carbocycles. The van der Waals surface area contributed by atoms with E-state index in [4.69, 9.17) is 0 Å². The number of nitrogens with zero attached hydrogens (tertiary/aromatic N) is 1. The minimum atomic E-state index is -3.75. The predicted molar refractivity (Wildman–Crippen MR) is 93.3 cm³/mol. The van der Waals surface area contributed by atoms with Crippen molar-refractivity contribution in [3.05, 3.63) is 30.1 Å². The average Bonchev–Trinajstić information content (AvgIpc) is 3.05. The summed E-state index contributed by atoms with van der Waals surface area (Å²) in [5.41, 5.74) is 0. The number of amides is 1. The molecule has 0 radical (unpaired) electrons. The van der Waals surface area contributed by atoms with Crippen LogP contribution in [0.1, 0.15) is 12.8 Å². The minimum absolute atomic E-state index is 0.0263. The van der Waals surface area contributed by atoms with Gasteiger partial charge in [0.25, 0.3) is 0 Å². The Balaban J connectivity index is 1.61. The first-order valence-corrected chi connectivity index (χ1v) is 10.2. The Morgan fingerprint density at radius 2 is 2.04 bits per heavy atom. The Kier molecular flexibility index (Phi) is 5.91. The van der Waals surface area contributed by atoms with Crippen LogP contribution >= 0.6 is 0 Å². The van der Waals surface area contributed by atoms with Crippen molar-refractivity contribution in [3.8, 4) is 0 Å². The van der Waals surface area contributed by atoms with Crippen molar-refractivity contribution in [2.24, 2.45) is 11.8 Å². The number of β-amino-alcohol motifs (C(OH)–C–C–N with tert-alkyl or cyclic N) is 1. The number of carbonyl (C=O) groups is 1. The number of piperidine rings is 1. The van der Waals surface area contributed by atoms with Crippen molar-refractivity contribution in [1.29, 1.82) is 0 Å². The molecule has 0 aromatic heterocycles. The van der Waals surface area contributed by atoms with Crippen molar-refractivity contribution in [2.75, 3.05) is 32.7 Å². The quantitative estimate of drug-likeness (QED) is 0.659. The summed E-state index contributed by atoms with van der Waals surface area (Å²) in [7, 11) is -3.75. The predicted octanol–water partition coefficient (Wildman–Crippen LogP) is -0.0771. The van der Waals surface area contributed by atoms with Gasteiger partial charge in [-0.2, -0.15) is 4.31 Å². The van der Waals surface area contributed by atoms with Gasteiger partial charge < -0.3 is 15.7 Å². The molecule has 0 aliphatic carbocycles. The van der Waals surface area contributed by atoms with E-state index in [1.54, 1.807) is 0 Å². The highest BCUT2D eigenvalue weighted by atomic mass is 32.2. The number of nitrogens with one attached hydrogen (secondary N) is 2. The fraction of sp³-hybridized carbons (Fsp3) is 0.588. The maximum atomic E-state index is 13.0. The van der Waals surface area contributed by atoms with E-state index in [9.17, 15) is 22.7 Å². The first kappa shape index (κ1) is 19.2. The first-order chi connectivity index (χ1) is 12.4. The summed E-state index contributed by atoms with van der Waals surface area (Å²) < 4.78 is 39.7. The first-order valence-electron chi connectivity index (χ1n) is 8.80. The number of hydrogen-bond donors (Lipinski definition) is 3. The Labute approximate surface area is 152 Å². The highest BCUT2D eigenvalue weighted by molar-refractivity contribution is 7.89. The maximum Gasteiger partial charge on any atom is 0.243 e. The molecule has 0 bridgehead atoms. The zero-order valence-corrected chi connectivity index (χ0v) is 15.2. The van der Waals surface area contributed by atoms with Crippen LogP contribution in [-0.4, -0.2) is 62.6 Å². The topological polar surface area (TPSA) is 98.7 Å². The third kappa shape index (κ3) is 4.22. The molecule has 2 aliphatic heterocycles. The van der Waals surface area contributed by atoms with E-state index in [0.717, 1.165) is 12.1 Å². The van der Waals surface area contributed by atoms with Crippen LogP contribution in [0.15, 0.2) is 29.2 Å². The van der Waals surface area contributed by atoms with E-state index in [2.05, 4.69) is 10.6 Å². The van der Waals surface area contributed by atoms with Crippen LogP contribution in [0.4, 0.5) is 4.39 Å². The molecular formula is C17H24FN3O4S.